The first kappa shape index (κ1) is 13.4. The molecular weight excluding hydrogens is 178 g/mol. The van der Waals surface area contributed by atoms with Gasteiger partial charge < -0.3 is 10.1 Å². The molecule has 84 valence electrons. The molecule has 0 spiro atoms. The molecule has 0 radical (unpaired) electrons. The lowest BCUT2D eigenvalue weighted by atomic mass is 10.1. The summed E-state index contributed by atoms with van der Waals surface area (Å²) >= 11 is 0. The van der Waals surface area contributed by atoms with Crippen LogP contribution in [0.2, 0.25) is 0 Å². The molecule has 0 bridgehead atoms. The van der Waals surface area contributed by atoms with Crippen LogP contribution in [0, 0.1) is 0 Å². The van der Waals surface area contributed by atoms with Crippen LogP contribution in [0.3, 0.4) is 0 Å². The van der Waals surface area contributed by atoms with Gasteiger partial charge in [0.1, 0.15) is 11.6 Å². The lowest BCUT2D eigenvalue weighted by Crippen LogP contribution is -2.39. The van der Waals surface area contributed by atoms with Crippen molar-refractivity contribution in [2.45, 2.75) is 58.6 Å². The maximum absolute atomic E-state index is 11.6. The molecule has 0 aliphatic heterocycles. The third-order valence-corrected chi connectivity index (χ3v) is 1.89. The van der Waals surface area contributed by atoms with Crippen LogP contribution in [0.4, 0.5) is 0 Å². The van der Waals surface area contributed by atoms with Crippen LogP contribution in [-0.2, 0) is 9.53 Å². The largest absolute Gasteiger partial charge is 0.459 e. The Labute approximate surface area is 87.2 Å². The quantitative estimate of drug-likeness (QED) is 0.692. The fraction of sp³-hybridized carbons (Fsp3) is 0.909. The third-order valence-electron chi connectivity index (χ3n) is 1.89. The van der Waals surface area contributed by atoms with Crippen molar-refractivity contribution in [2.24, 2.45) is 0 Å². The standard InChI is InChI=1S/C11H23NO2/c1-6-7-8-9(12-5)10(13)14-11(2,3)4/h9,12H,6-8H2,1-5H3/t9-/m0/s1. The predicted molar refractivity (Wildman–Crippen MR) is 58.2 cm³/mol. The zero-order valence-electron chi connectivity index (χ0n) is 10.0. The van der Waals surface area contributed by atoms with E-state index in [1.165, 1.54) is 0 Å². The molecule has 0 aliphatic rings. The Morgan fingerprint density at radius 3 is 2.36 bits per heavy atom. The van der Waals surface area contributed by atoms with Crippen molar-refractivity contribution in [1.29, 1.82) is 0 Å². The Hall–Kier alpha value is -0.570. The first-order valence-corrected chi connectivity index (χ1v) is 5.31. The summed E-state index contributed by atoms with van der Waals surface area (Å²) in [5, 5.41) is 2.98. The van der Waals surface area contributed by atoms with Gasteiger partial charge in [0.15, 0.2) is 0 Å². The first-order chi connectivity index (χ1) is 6.40. The van der Waals surface area contributed by atoms with E-state index in [4.69, 9.17) is 4.74 Å². The fourth-order valence-electron chi connectivity index (χ4n) is 1.16. The van der Waals surface area contributed by atoms with Gasteiger partial charge in [0.2, 0.25) is 0 Å². The second-order valence-corrected chi connectivity index (χ2v) is 4.52. The van der Waals surface area contributed by atoms with Crippen molar-refractivity contribution >= 4 is 5.97 Å². The molecule has 0 unspecified atom stereocenters. The lowest BCUT2D eigenvalue weighted by Gasteiger charge is -2.23. The number of likely N-dealkylation sites (N-methyl/N-ethyl adjacent to an activating group) is 1. The number of hydrogen-bond acceptors (Lipinski definition) is 3. The van der Waals surface area contributed by atoms with Gasteiger partial charge in [0.25, 0.3) is 0 Å². The number of ether oxygens (including phenoxy) is 1. The maximum atomic E-state index is 11.6. The molecule has 0 fully saturated rings. The van der Waals surface area contributed by atoms with Crippen LogP contribution >= 0.6 is 0 Å². The highest BCUT2D eigenvalue weighted by Crippen LogP contribution is 2.10. The van der Waals surface area contributed by atoms with E-state index in [1.807, 2.05) is 20.8 Å². The molecule has 0 saturated heterocycles. The van der Waals surface area contributed by atoms with E-state index in [0.717, 1.165) is 19.3 Å². The van der Waals surface area contributed by atoms with E-state index in [-0.39, 0.29) is 12.0 Å². The highest BCUT2D eigenvalue weighted by atomic mass is 16.6. The Balaban J connectivity index is 4.04. The van der Waals surface area contributed by atoms with Gasteiger partial charge in [-0.25, -0.2) is 0 Å². The summed E-state index contributed by atoms with van der Waals surface area (Å²) in [7, 11) is 1.80. The monoisotopic (exact) mass is 201 g/mol. The number of unbranched alkanes of at least 4 members (excludes halogenated alkanes) is 1. The number of hydrogen-bond donors (Lipinski definition) is 1. The highest BCUT2D eigenvalue weighted by molar-refractivity contribution is 5.76. The minimum Gasteiger partial charge on any atom is -0.459 e. The van der Waals surface area contributed by atoms with E-state index in [1.54, 1.807) is 7.05 Å². The van der Waals surface area contributed by atoms with E-state index in [2.05, 4.69) is 12.2 Å². The summed E-state index contributed by atoms with van der Waals surface area (Å²) in [6, 6.07) is -0.158. The predicted octanol–water partition coefficient (Wildman–Crippen LogP) is 2.11. The molecular formula is C11H23NO2. The molecule has 0 aromatic rings. The summed E-state index contributed by atoms with van der Waals surface area (Å²) in [6.07, 6.45) is 2.99. The van der Waals surface area contributed by atoms with E-state index in [9.17, 15) is 4.79 Å². The zero-order valence-corrected chi connectivity index (χ0v) is 10.0. The molecule has 0 aromatic carbocycles. The lowest BCUT2D eigenvalue weighted by molar-refractivity contribution is -0.157. The summed E-state index contributed by atoms with van der Waals surface area (Å²) in [4.78, 5) is 11.6. The third kappa shape index (κ3) is 5.97. The van der Waals surface area contributed by atoms with Gasteiger partial charge in [0.05, 0.1) is 0 Å². The van der Waals surface area contributed by atoms with Gasteiger partial charge in [-0.2, -0.15) is 0 Å². The Bertz CT molecular complexity index is 173. The number of esters is 1. The molecule has 3 nitrogen and oxygen atoms in total. The summed E-state index contributed by atoms with van der Waals surface area (Å²) in [6.45, 7) is 7.77. The van der Waals surface area contributed by atoms with Crippen LogP contribution in [0.1, 0.15) is 47.0 Å². The van der Waals surface area contributed by atoms with Crippen LogP contribution in [-0.4, -0.2) is 24.7 Å². The van der Waals surface area contributed by atoms with Gasteiger partial charge in [0, 0.05) is 0 Å². The normalized spacial score (nSPS) is 13.8. The molecule has 1 atom stereocenters. The minimum atomic E-state index is -0.390. The number of carbonyl (C=O) groups excluding carboxylic acids is 1. The Kier molecular flexibility index (Phi) is 5.77. The van der Waals surface area contributed by atoms with Gasteiger partial charge in [-0.1, -0.05) is 19.8 Å². The van der Waals surface area contributed by atoms with Gasteiger partial charge in [-0.3, -0.25) is 4.79 Å². The fourth-order valence-corrected chi connectivity index (χ4v) is 1.16. The van der Waals surface area contributed by atoms with Crippen molar-refractivity contribution in [2.75, 3.05) is 7.05 Å². The van der Waals surface area contributed by atoms with E-state index in [0.29, 0.717) is 0 Å². The molecule has 0 aromatic heterocycles. The second kappa shape index (κ2) is 6.02. The molecule has 14 heavy (non-hydrogen) atoms. The van der Waals surface area contributed by atoms with E-state index < -0.39 is 5.60 Å². The van der Waals surface area contributed by atoms with Crippen molar-refractivity contribution in [3.63, 3.8) is 0 Å². The van der Waals surface area contributed by atoms with E-state index >= 15 is 0 Å². The topological polar surface area (TPSA) is 38.3 Å². The van der Waals surface area contributed by atoms with Crippen molar-refractivity contribution in [3.8, 4) is 0 Å². The molecule has 0 saturated carbocycles. The minimum absolute atomic E-state index is 0.145. The van der Waals surface area contributed by atoms with Gasteiger partial charge >= 0.3 is 5.97 Å². The summed E-state index contributed by atoms with van der Waals surface area (Å²) in [5.41, 5.74) is -0.390. The molecule has 0 aliphatic carbocycles. The van der Waals surface area contributed by atoms with Crippen LogP contribution in [0.5, 0.6) is 0 Å². The molecule has 3 heteroatoms. The number of carbonyl (C=O) groups is 1. The highest BCUT2D eigenvalue weighted by Gasteiger charge is 2.22. The maximum Gasteiger partial charge on any atom is 0.323 e. The summed E-state index contributed by atoms with van der Waals surface area (Å²) in [5.74, 6) is -0.145. The SMILES string of the molecule is CCCC[C@H](NC)C(=O)OC(C)(C)C. The number of nitrogens with one attached hydrogen (secondary N) is 1. The molecule has 0 rings (SSSR count). The Morgan fingerprint density at radius 2 is 2.00 bits per heavy atom. The van der Waals surface area contributed by atoms with Gasteiger partial charge in [-0.15, -0.1) is 0 Å². The van der Waals surface area contributed by atoms with Crippen molar-refractivity contribution < 1.29 is 9.53 Å². The zero-order chi connectivity index (χ0) is 11.2. The molecule has 1 N–H and O–H groups in total. The Morgan fingerprint density at radius 1 is 1.43 bits per heavy atom. The van der Waals surface area contributed by atoms with Crippen LogP contribution in [0.25, 0.3) is 0 Å². The van der Waals surface area contributed by atoms with Gasteiger partial charge in [-0.05, 0) is 34.2 Å². The average molecular weight is 201 g/mol. The molecule has 0 amide bonds. The van der Waals surface area contributed by atoms with Crippen molar-refractivity contribution in [1.82, 2.24) is 5.32 Å². The van der Waals surface area contributed by atoms with Crippen LogP contribution in [0.15, 0.2) is 0 Å². The average Bonchev–Trinajstić information content (AvgIpc) is 2.02. The van der Waals surface area contributed by atoms with Crippen molar-refractivity contribution in [3.05, 3.63) is 0 Å². The first-order valence-electron chi connectivity index (χ1n) is 5.31. The van der Waals surface area contributed by atoms with Crippen LogP contribution < -0.4 is 5.32 Å². The smallest absolute Gasteiger partial charge is 0.323 e. The summed E-state index contributed by atoms with van der Waals surface area (Å²) < 4.78 is 5.29. The molecule has 0 heterocycles. The second-order valence-electron chi connectivity index (χ2n) is 4.52. The number of rotatable bonds is 5.